The van der Waals surface area contributed by atoms with Gasteiger partial charge in [0.25, 0.3) is 0 Å². The lowest BCUT2D eigenvalue weighted by atomic mass is 9.82. The highest BCUT2D eigenvalue weighted by Crippen LogP contribution is 2.28. The number of aliphatic hydroxyl groups excluding tert-OH is 1. The lowest BCUT2D eigenvalue weighted by molar-refractivity contribution is 0.0152. The van der Waals surface area contributed by atoms with Crippen molar-refractivity contribution in [3.05, 3.63) is 0 Å². The van der Waals surface area contributed by atoms with E-state index in [9.17, 15) is 10.2 Å². The van der Waals surface area contributed by atoms with Crippen LogP contribution < -0.4 is 5.32 Å². The van der Waals surface area contributed by atoms with E-state index >= 15 is 0 Å². The summed E-state index contributed by atoms with van der Waals surface area (Å²) in [6.07, 6.45) is 8.60. The lowest BCUT2D eigenvalue weighted by Crippen LogP contribution is -2.44. The molecule has 0 aliphatic heterocycles. The summed E-state index contributed by atoms with van der Waals surface area (Å²) in [6.45, 7) is 1.69. The summed E-state index contributed by atoms with van der Waals surface area (Å²) in [5.41, 5.74) is -0.459. The predicted octanol–water partition coefficient (Wildman–Crippen LogP) is 1.43. The first-order chi connectivity index (χ1) is 7.68. The minimum absolute atomic E-state index is 0.0623. The maximum absolute atomic E-state index is 10.4. The average Bonchev–Trinajstić information content (AvgIpc) is 2.41. The average molecular weight is 227 g/mol. The van der Waals surface area contributed by atoms with Gasteiger partial charge in [0.05, 0.1) is 11.7 Å². The van der Waals surface area contributed by atoms with Crippen LogP contribution >= 0.6 is 0 Å². The quantitative estimate of drug-likeness (QED) is 0.637. The largest absolute Gasteiger partial charge is 0.393 e. The van der Waals surface area contributed by atoms with Crippen LogP contribution in [0.4, 0.5) is 0 Å². The summed E-state index contributed by atoms with van der Waals surface area (Å²) in [4.78, 5) is 0. The Morgan fingerprint density at radius 3 is 2.25 bits per heavy atom. The predicted molar refractivity (Wildman–Crippen MR) is 64.3 cm³/mol. The molecule has 3 N–H and O–H groups in total. The van der Waals surface area contributed by atoms with Gasteiger partial charge in [-0.25, -0.2) is 0 Å². The second-order valence-corrected chi connectivity index (χ2v) is 5.76. The van der Waals surface area contributed by atoms with Crippen molar-refractivity contribution in [3.63, 3.8) is 0 Å². The van der Waals surface area contributed by atoms with Gasteiger partial charge in [0.1, 0.15) is 0 Å². The summed E-state index contributed by atoms with van der Waals surface area (Å²) in [5, 5.41) is 23.0. The van der Waals surface area contributed by atoms with E-state index in [1.165, 1.54) is 25.7 Å². The van der Waals surface area contributed by atoms with Gasteiger partial charge < -0.3 is 15.5 Å². The van der Waals surface area contributed by atoms with Gasteiger partial charge in [-0.1, -0.05) is 25.7 Å². The van der Waals surface area contributed by atoms with Crippen molar-refractivity contribution in [3.8, 4) is 0 Å². The van der Waals surface area contributed by atoms with Gasteiger partial charge in [-0.15, -0.1) is 0 Å². The zero-order valence-electron chi connectivity index (χ0n) is 10.1. The molecule has 94 valence electrons. The summed E-state index contributed by atoms with van der Waals surface area (Å²) >= 11 is 0. The number of rotatable bonds is 4. The molecule has 0 saturated heterocycles. The monoisotopic (exact) mass is 227 g/mol. The third-order valence-electron chi connectivity index (χ3n) is 4.13. The molecule has 0 radical (unpaired) electrons. The van der Waals surface area contributed by atoms with Gasteiger partial charge >= 0.3 is 0 Å². The molecule has 3 heteroatoms. The van der Waals surface area contributed by atoms with E-state index in [0.29, 0.717) is 5.92 Å². The zero-order valence-corrected chi connectivity index (χ0v) is 10.1. The standard InChI is InChI=1S/C13H25NO2/c15-12-7-11(8-12)9-14-10-13(16)5-3-1-2-4-6-13/h11-12,14-16H,1-10H2. The topological polar surface area (TPSA) is 52.5 Å². The Balaban J connectivity index is 1.63. The van der Waals surface area contributed by atoms with Crippen molar-refractivity contribution >= 4 is 0 Å². The molecule has 0 bridgehead atoms. The molecule has 3 nitrogen and oxygen atoms in total. The van der Waals surface area contributed by atoms with Crippen LogP contribution in [-0.2, 0) is 0 Å². The van der Waals surface area contributed by atoms with E-state index < -0.39 is 5.60 Å². The lowest BCUT2D eigenvalue weighted by Gasteiger charge is -2.33. The SMILES string of the molecule is OC1CC(CNCC2(O)CCCCCC2)C1. The molecule has 0 atom stereocenters. The van der Waals surface area contributed by atoms with Crippen molar-refractivity contribution in [1.82, 2.24) is 5.32 Å². The van der Waals surface area contributed by atoms with Crippen molar-refractivity contribution < 1.29 is 10.2 Å². The molecule has 16 heavy (non-hydrogen) atoms. The Kier molecular flexibility index (Phi) is 4.22. The van der Waals surface area contributed by atoms with Gasteiger partial charge in [0, 0.05) is 6.54 Å². The molecule has 0 aromatic heterocycles. The third kappa shape index (κ3) is 3.44. The van der Waals surface area contributed by atoms with Gasteiger partial charge in [-0.3, -0.25) is 0 Å². The fourth-order valence-corrected chi connectivity index (χ4v) is 2.94. The summed E-state index contributed by atoms with van der Waals surface area (Å²) in [6, 6.07) is 0. The molecule has 2 fully saturated rings. The fourth-order valence-electron chi connectivity index (χ4n) is 2.94. The summed E-state index contributed by atoms with van der Waals surface area (Å²) < 4.78 is 0. The molecule has 0 heterocycles. The number of hydrogen-bond acceptors (Lipinski definition) is 3. The highest BCUT2D eigenvalue weighted by molar-refractivity contribution is 4.85. The number of nitrogens with one attached hydrogen (secondary N) is 1. The Morgan fingerprint density at radius 1 is 1.06 bits per heavy atom. The zero-order chi connectivity index (χ0) is 11.4. The van der Waals surface area contributed by atoms with E-state index in [4.69, 9.17) is 0 Å². The second kappa shape index (κ2) is 5.48. The van der Waals surface area contributed by atoms with Gasteiger partial charge in [-0.2, -0.15) is 0 Å². The van der Waals surface area contributed by atoms with Crippen LogP contribution in [-0.4, -0.2) is 35.0 Å². The highest BCUT2D eigenvalue weighted by atomic mass is 16.3. The first kappa shape index (κ1) is 12.3. The molecule has 0 aromatic carbocycles. The number of aliphatic hydroxyl groups is 2. The van der Waals surface area contributed by atoms with Gasteiger partial charge in [-0.05, 0) is 38.1 Å². The first-order valence-electron chi connectivity index (χ1n) is 6.79. The number of hydrogen-bond donors (Lipinski definition) is 3. The van der Waals surface area contributed by atoms with E-state index in [-0.39, 0.29) is 6.10 Å². The minimum Gasteiger partial charge on any atom is -0.393 e. The molecular formula is C13H25NO2. The Morgan fingerprint density at radius 2 is 1.69 bits per heavy atom. The second-order valence-electron chi connectivity index (χ2n) is 5.76. The molecule has 0 unspecified atom stereocenters. The van der Waals surface area contributed by atoms with Crippen molar-refractivity contribution in [1.29, 1.82) is 0 Å². The maximum atomic E-state index is 10.4. The maximum Gasteiger partial charge on any atom is 0.0771 e. The van der Waals surface area contributed by atoms with Crippen molar-refractivity contribution in [2.45, 2.75) is 63.1 Å². The molecule has 2 aliphatic rings. The van der Waals surface area contributed by atoms with E-state index in [0.717, 1.165) is 38.8 Å². The normalized spacial score (nSPS) is 34.1. The minimum atomic E-state index is -0.459. The molecule has 0 aromatic rings. The smallest absolute Gasteiger partial charge is 0.0771 e. The molecular weight excluding hydrogens is 202 g/mol. The molecule has 2 rings (SSSR count). The van der Waals surface area contributed by atoms with Crippen LogP contribution in [0.15, 0.2) is 0 Å². The fraction of sp³-hybridized carbons (Fsp3) is 1.00. The van der Waals surface area contributed by atoms with E-state index in [1.807, 2.05) is 0 Å². The highest BCUT2D eigenvalue weighted by Gasteiger charge is 2.30. The van der Waals surface area contributed by atoms with Crippen molar-refractivity contribution in [2.24, 2.45) is 5.92 Å². The molecule has 0 amide bonds. The summed E-state index contributed by atoms with van der Waals surface area (Å²) in [5.74, 6) is 0.629. The van der Waals surface area contributed by atoms with Crippen LogP contribution in [0.3, 0.4) is 0 Å². The van der Waals surface area contributed by atoms with E-state index in [2.05, 4.69) is 5.32 Å². The van der Waals surface area contributed by atoms with Crippen LogP contribution in [0.1, 0.15) is 51.4 Å². The first-order valence-corrected chi connectivity index (χ1v) is 6.79. The summed E-state index contributed by atoms with van der Waals surface area (Å²) in [7, 11) is 0. The third-order valence-corrected chi connectivity index (χ3v) is 4.13. The van der Waals surface area contributed by atoms with Crippen LogP contribution in [0.2, 0.25) is 0 Å². The Hall–Kier alpha value is -0.120. The molecule has 2 aliphatic carbocycles. The van der Waals surface area contributed by atoms with Crippen LogP contribution in [0.5, 0.6) is 0 Å². The van der Waals surface area contributed by atoms with Crippen molar-refractivity contribution in [2.75, 3.05) is 13.1 Å². The van der Waals surface area contributed by atoms with Gasteiger partial charge in [0.2, 0.25) is 0 Å². The van der Waals surface area contributed by atoms with Gasteiger partial charge in [0.15, 0.2) is 0 Å². The van der Waals surface area contributed by atoms with Crippen LogP contribution in [0, 0.1) is 5.92 Å². The van der Waals surface area contributed by atoms with Crippen LogP contribution in [0.25, 0.3) is 0 Å². The molecule has 0 spiro atoms. The Bertz CT molecular complexity index is 206. The van der Waals surface area contributed by atoms with E-state index in [1.54, 1.807) is 0 Å². The Labute approximate surface area is 98.2 Å². The molecule has 2 saturated carbocycles.